The Kier molecular flexibility index (Phi) is 2.75. The van der Waals surface area contributed by atoms with Crippen molar-refractivity contribution < 1.29 is 9.50 Å². The molecule has 2 rings (SSSR count). The SMILES string of the molecule is Cc1ccn(-c2c(F)cccc2[C@H](C)O)n1. The summed E-state index contributed by atoms with van der Waals surface area (Å²) >= 11 is 0. The normalized spacial score (nSPS) is 12.8. The molecule has 0 bridgehead atoms. The van der Waals surface area contributed by atoms with E-state index < -0.39 is 6.10 Å². The molecule has 4 heteroatoms. The van der Waals surface area contributed by atoms with Crippen molar-refractivity contribution in [2.75, 3.05) is 0 Å². The van der Waals surface area contributed by atoms with Gasteiger partial charge in [0.25, 0.3) is 0 Å². The molecule has 1 aromatic heterocycles. The van der Waals surface area contributed by atoms with E-state index in [9.17, 15) is 9.50 Å². The van der Waals surface area contributed by atoms with E-state index in [4.69, 9.17) is 0 Å². The fourth-order valence-electron chi connectivity index (χ4n) is 1.65. The average molecular weight is 220 g/mol. The molecule has 0 unspecified atom stereocenters. The van der Waals surface area contributed by atoms with E-state index in [-0.39, 0.29) is 5.82 Å². The van der Waals surface area contributed by atoms with Crippen molar-refractivity contribution in [3.63, 3.8) is 0 Å². The molecule has 84 valence electrons. The molecule has 0 fully saturated rings. The minimum atomic E-state index is -0.727. The van der Waals surface area contributed by atoms with Crippen LogP contribution in [0.4, 0.5) is 4.39 Å². The van der Waals surface area contributed by atoms with Gasteiger partial charge in [-0.1, -0.05) is 12.1 Å². The van der Waals surface area contributed by atoms with Crippen molar-refractivity contribution in [2.24, 2.45) is 0 Å². The van der Waals surface area contributed by atoms with Crippen molar-refractivity contribution in [2.45, 2.75) is 20.0 Å². The Balaban J connectivity index is 2.62. The second kappa shape index (κ2) is 4.06. The van der Waals surface area contributed by atoms with Crippen molar-refractivity contribution in [1.29, 1.82) is 0 Å². The lowest BCUT2D eigenvalue weighted by atomic mass is 10.1. The molecule has 0 aliphatic heterocycles. The van der Waals surface area contributed by atoms with Crippen LogP contribution in [0.15, 0.2) is 30.5 Å². The first-order valence-corrected chi connectivity index (χ1v) is 5.08. The summed E-state index contributed by atoms with van der Waals surface area (Å²) in [5.74, 6) is -0.387. The molecule has 1 atom stereocenters. The number of aliphatic hydroxyl groups is 1. The van der Waals surface area contributed by atoms with Gasteiger partial charge in [-0.25, -0.2) is 9.07 Å². The van der Waals surface area contributed by atoms with Crippen LogP contribution in [0.3, 0.4) is 0 Å². The summed E-state index contributed by atoms with van der Waals surface area (Å²) < 4.78 is 15.2. The number of benzene rings is 1. The predicted octanol–water partition coefficient (Wildman–Crippen LogP) is 2.37. The summed E-state index contributed by atoms with van der Waals surface area (Å²) in [6.07, 6.45) is 0.954. The van der Waals surface area contributed by atoms with Gasteiger partial charge in [-0.05, 0) is 26.0 Å². The third-order valence-electron chi connectivity index (χ3n) is 2.42. The molecule has 0 radical (unpaired) electrons. The highest BCUT2D eigenvalue weighted by Gasteiger charge is 2.14. The van der Waals surface area contributed by atoms with Crippen LogP contribution in [-0.2, 0) is 0 Å². The van der Waals surface area contributed by atoms with Gasteiger partial charge in [0.1, 0.15) is 11.5 Å². The first kappa shape index (κ1) is 10.8. The van der Waals surface area contributed by atoms with Crippen LogP contribution in [0.1, 0.15) is 24.3 Å². The second-order valence-electron chi connectivity index (χ2n) is 3.76. The molecule has 1 heterocycles. The Morgan fingerprint density at radius 3 is 2.69 bits per heavy atom. The highest BCUT2D eigenvalue weighted by molar-refractivity contribution is 5.43. The molecule has 1 aromatic carbocycles. The topological polar surface area (TPSA) is 38.0 Å². The molecular formula is C12H13FN2O. The van der Waals surface area contributed by atoms with Gasteiger partial charge in [-0.3, -0.25) is 0 Å². The Bertz CT molecular complexity index is 505. The van der Waals surface area contributed by atoms with Crippen molar-refractivity contribution >= 4 is 0 Å². The molecule has 0 amide bonds. The minimum Gasteiger partial charge on any atom is -0.389 e. The molecule has 3 nitrogen and oxygen atoms in total. The van der Waals surface area contributed by atoms with Gasteiger partial charge in [0.05, 0.1) is 11.8 Å². The standard InChI is InChI=1S/C12H13FN2O/c1-8-6-7-15(14-8)12-10(9(2)16)4-3-5-11(12)13/h3-7,9,16H,1-2H3/t9-/m0/s1. The second-order valence-corrected chi connectivity index (χ2v) is 3.76. The zero-order chi connectivity index (χ0) is 11.7. The molecule has 0 aliphatic rings. The van der Waals surface area contributed by atoms with Crippen LogP contribution in [-0.4, -0.2) is 14.9 Å². The molecule has 0 spiro atoms. The summed E-state index contributed by atoms with van der Waals surface area (Å²) in [6.45, 7) is 3.44. The molecule has 0 saturated heterocycles. The highest BCUT2D eigenvalue weighted by atomic mass is 19.1. The Morgan fingerprint density at radius 2 is 2.12 bits per heavy atom. The van der Waals surface area contributed by atoms with E-state index in [0.717, 1.165) is 5.69 Å². The van der Waals surface area contributed by atoms with Gasteiger partial charge < -0.3 is 5.11 Å². The lowest BCUT2D eigenvalue weighted by molar-refractivity contribution is 0.198. The van der Waals surface area contributed by atoms with Crippen LogP contribution in [0.5, 0.6) is 0 Å². The molecule has 0 aliphatic carbocycles. The van der Waals surface area contributed by atoms with E-state index in [1.807, 2.05) is 6.92 Å². The summed E-state index contributed by atoms with van der Waals surface area (Å²) in [5, 5.41) is 13.7. The van der Waals surface area contributed by atoms with Crippen LogP contribution in [0, 0.1) is 12.7 Å². The van der Waals surface area contributed by atoms with Gasteiger partial charge in [0.2, 0.25) is 0 Å². The molecule has 16 heavy (non-hydrogen) atoms. The van der Waals surface area contributed by atoms with Crippen molar-refractivity contribution in [3.8, 4) is 5.69 Å². The third kappa shape index (κ3) is 1.84. The first-order chi connectivity index (χ1) is 7.59. The molecule has 0 saturated carbocycles. The lowest BCUT2D eigenvalue weighted by Gasteiger charge is -2.12. The Labute approximate surface area is 93.2 Å². The third-order valence-corrected chi connectivity index (χ3v) is 2.42. The fourth-order valence-corrected chi connectivity index (χ4v) is 1.65. The quantitative estimate of drug-likeness (QED) is 0.843. The van der Waals surface area contributed by atoms with E-state index in [0.29, 0.717) is 11.3 Å². The van der Waals surface area contributed by atoms with Gasteiger partial charge in [0.15, 0.2) is 0 Å². The Hall–Kier alpha value is -1.68. The van der Waals surface area contributed by atoms with E-state index in [2.05, 4.69) is 5.10 Å². The van der Waals surface area contributed by atoms with Gasteiger partial charge >= 0.3 is 0 Å². The van der Waals surface area contributed by atoms with E-state index in [1.165, 1.54) is 10.7 Å². The fraction of sp³-hybridized carbons (Fsp3) is 0.250. The number of aryl methyl sites for hydroxylation is 1. The number of rotatable bonds is 2. The largest absolute Gasteiger partial charge is 0.389 e. The predicted molar refractivity (Wildman–Crippen MR) is 58.9 cm³/mol. The number of hydrogen-bond acceptors (Lipinski definition) is 2. The van der Waals surface area contributed by atoms with Crippen LogP contribution >= 0.6 is 0 Å². The lowest BCUT2D eigenvalue weighted by Crippen LogP contribution is -2.06. The van der Waals surface area contributed by atoms with Gasteiger partial charge in [0, 0.05) is 11.8 Å². The average Bonchev–Trinajstić information content (AvgIpc) is 2.64. The van der Waals surface area contributed by atoms with Crippen LogP contribution in [0.25, 0.3) is 5.69 Å². The monoisotopic (exact) mass is 220 g/mol. The van der Waals surface area contributed by atoms with Crippen LogP contribution in [0.2, 0.25) is 0 Å². The number of nitrogens with zero attached hydrogens (tertiary/aromatic N) is 2. The van der Waals surface area contributed by atoms with Crippen LogP contribution < -0.4 is 0 Å². The van der Waals surface area contributed by atoms with Crippen molar-refractivity contribution in [1.82, 2.24) is 9.78 Å². The molecule has 2 aromatic rings. The minimum absolute atomic E-state index is 0.311. The number of aromatic nitrogens is 2. The highest BCUT2D eigenvalue weighted by Crippen LogP contribution is 2.23. The van der Waals surface area contributed by atoms with E-state index >= 15 is 0 Å². The number of para-hydroxylation sites is 1. The maximum atomic E-state index is 13.7. The summed E-state index contributed by atoms with van der Waals surface area (Å²) in [6, 6.07) is 6.42. The van der Waals surface area contributed by atoms with Gasteiger partial charge in [-0.15, -0.1) is 0 Å². The molecular weight excluding hydrogens is 207 g/mol. The zero-order valence-corrected chi connectivity index (χ0v) is 9.18. The van der Waals surface area contributed by atoms with Crippen molar-refractivity contribution in [3.05, 3.63) is 47.5 Å². The van der Waals surface area contributed by atoms with E-state index in [1.54, 1.807) is 31.3 Å². The summed E-state index contributed by atoms with van der Waals surface area (Å²) in [7, 11) is 0. The number of hydrogen-bond donors (Lipinski definition) is 1. The molecule has 1 N–H and O–H groups in total. The maximum absolute atomic E-state index is 13.7. The summed E-state index contributed by atoms with van der Waals surface area (Å²) in [5.41, 5.74) is 1.65. The summed E-state index contributed by atoms with van der Waals surface area (Å²) in [4.78, 5) is 0. The smallest absolute Gasteiger partial charge is 0.149 e. The Morgan fingerprint density at radius 1 is 1.38 bits per heavy atom. The number of aliphatic hydroxyl groups excluding tert-OH is 1. The zero-order valence-electron chi connectivity index (χ0n) is 9.18. The van der Waals surface area contributed by atoms with Gasteiger partial charge in [-0.2, -0.15) is 5.10 Å². The maximum Gasteiger partial charge on any atom is 0.149 e. The number of halogens is 1. The first-order valence-electron chi connectivity index (χ1n) is 5.08.